The second-order valence-corrected chi connectivity index (χ2v) is 7.10. The molecule has 144 valence electrons. The highest BCUT2D eigenvalue weighted by Crippen LogP contribution is 2.42. The van der Waals surface area contributed by atoms with Gasteiger partial charge in [-0.05, 0) is 49.6 Å². The van der Waals surface area contributed by atoms with E-state index < -0.39 is 5.41 Å². The number of rotatable bonds is 6. The molecule has 1 amide bonds. The molecule has 1 saturated carbocycles. The van der Waals surface area contributed by atoms with Crippen LogP contribution in [-0.4, -0.2) is 20.1 Å². The third-order valence-electron chi connectivity index (χ3n) is 5.52. The van der Waals surface area contributed by atoms with Gasteiger partial charge in [0, 0.05) is 11.6 Å². The number of hydrogen-bond acceptors (Lipinski definition) is 3. The molecule has 1 unspecified atom stereocenters. The van der Waals surface area contributed by atoms with E-state index in [4.69, 9.17) is 9.47 Å². The van der Waals surface area contributed by atoms with E-state index in [1.54, 1.807) is 26.4 Å². The summed E-state index contributed by atoms with van der Waals surface area (Å²) < 4.78 is 24.5. The second kappa shape index (κ2) is 7.99. The highest BCUT2D eigenvalue weighted by molar-refractivity contribution is 5.89. The van der Waals surface area contributed by atoms with Gasteiger partial charge in [-0.3, -0.25) is 4.79 Å². The zero-order valence-corrected chi connectivity index (χ0v) is 16.0. The lowest BCUT2D eigenvalue weighted by molar-refractivity contribution is -0.127. The molecule has 4 nitrogen and oxygen atoms in total. The van der Waals surface area contributed by atoms with E-state index in [1.165, 1.54) is 12.1 Å². The van der Waals surface area contributed by atoms with E-state index in [0.717, 1.165) is 36.8 Å². The Morgan fingerprint density at radius 1 is 1.11 bits per heavy atom. The van der Waals surface area contributed by atoms with Crippen LogP contribution in [0.15, 0.2) is 42.5 Å². The normalized spacial score (nSPS) is 16.6. The molecule has 2 aromatic carbocycles. The minimum absolute atomic E-state index is 0.0593. The molecule has 2 aromatic rings. The van der Waals surface area contributed by atoms with Gasteiger partial charge in [0.2, 0.25) is 5.91 Å². The van der Waals surface area contributed by atoms with Gasteiger partial charge in [0.15, 0.2) is 0 Å². The van der Waals surface area contributed by atoms with Gasteiger partial charge in [-0.2, -0.15) is 0 Å². The fourth-order valence-electron chi connectivity index (χ4n) is 4.00. The molecule has 0 bridgehead atoms. The topological polar surface area (TPSA) is 47.6 Å². The van der Waals surface area contributed by atoms with Crippen LogP contribution >= 0.6 is 0 Å². The summed E-state index contributed by atoms with van der Waals surface area (Å²) in [5.41, 5.74) is 0.959. The molecular weight excluding hydrogens is 345 g/mol. The second-order valence-electron chi connectivity index (χ2n) is 7.10. The summed E-state index contributed by atoms with van der Waals surface area (Å²) in [6.45, 7) is 1.93. The molecule has 5 heteroatoms. The maximum atomic E-state index is 13.8. The number of carbonyl (C=O) groups is 1. The number of methoxy groups -OCH3 is 2. The van der Waals surface area contributed by atoms with Gasteiger partial charge in [0.1, 0.15) is 17.3 Å². The van der Waals surface area contributed by atoms with Crippen molar-refractivity contribution in [1.29, 1.82) is 0 Å². The molecule has 1 aliphatic carbocycles. The summed E-state index contributed by atoms with van der Waals surface area (Å²) in [5, 5.41) is 3.13. The van der Waals surface area contributed by atoms with Crippen LogP contribution in [0.4, 0.5) is 4.39 Å². The first-order chi connectivity index (χ1) is 13.0. The van der Waals surface area contributed by atoms with Crippen molar-refractivity contribution in [3.8, 4) is 11.5 Å². The number of amides is 1. The molecule has 1 fully saturated rings. The van der Waals surface area contributed by atoms with Gasteiger partial charge >= 0.3 is 0 Å². The van der Waals surface area contributed by atoms with Crippen LogP contribution in [0.25, 0.3) is 0 Å². The van der Waals surface area contributed by atoms with E-state index >= 15 is 0 Å². The molecule has 0 radical (unpaired) electrons. The molecular formula is C22H26FNO3. The van der Waals surface area contributed by atoms with Crippen molar-refractivity contribution in [2.24, 2.45) is 0 Å². The van der Waals surface area contributed by atoms with Crippen molar-refractivity contribution < 1.29 is 18.7 Å². The summed E-state index contributed by atoms with van der Waals surface area (Å²) >= 11 is 0. The number of hydrogen-bond donors (Lipinski definition) is 1. The Morgan fingerprint density at radius 3 is 2.48 bits per heavy atom. The van der Waals surface area contributed by atoms with Crippen molar-refractivity contribution in [1.82, 2.24) is 5.32 Å². The Hall–Kier alpha value is -2.56. The van der Waals surface area contributed by atoms with Gasteiger partial charge in [-0.1, -0.05) is 25.0 Å². The van der Waals surface area contributed by atoms with E-state index in [9.17, 15) is 9.18 Å². The minimum atomic E-state index is -0.671. The van der Waals surface area contributed by atoms with Crippen molar-refractivity contribution in [3.63, 3.8) is 0 Å². The summed E-state index contributed by atoms with van der Waals surface area (Å²) in [4.78, 5) is 13.3. The molecule has 27 heavy (non-hydrogen) atoms. The zero-order valence-electron chi connectivity index (χ0n) is 16.0. The number of nitrogens with one attached hydrogen (secondary N) is 1. The van der Waals surface area contributed by atoms with Gasteiger partial charge in [0.25, 0.3) is 0 Å². The van der Waals surface area contributed by atoms with Crippen LogP contribution in [0.1, 0.15) is 49.8 Å². The lowest BCUT2D eigenvalue weighted by atomic mass is 9.77. The largest absolute Gasteiger partial charge is 0.497 e. The molecule has 1 aliphatic rings. The predicted molar refractivity (Wildman–Crippen MR) is 103 cm³/mol. The summed E-state index contributed by atoms with van der Waals surface area (Å²) in [6.07, 6.45) is 3.39. The Morgan fingerprint density at radius 2 is 1.85 bits per heavy atom. The molecule has 0 heterocycles. The average molecular weight is 371 g/mol. The fraction of sp³-hybridized carbons (Fsp3) is 0.409. The average Bonchev–Trinajstić information content (AvgIpc) is 3.18. The molecule has 0 aliphatic heterocycles. The molecule has 3 rings (SSSR count). The van der Waals surface area contributed by atoms with Crippen LogP contribution in [0.2, 0.25) is 0 Å². The van der Waals surface area contributed by atoms with Crippen molar-refractivity contribution >= 4 is 5.91 Å². The van der Waals surface area contributed by atoms with Crippen LogP contribution in [-0.2, 0) is 10.2 Å². The van der Waals surface area contributed by atoms with Crippen LogP contribution in [0.5, 0.6) is 11.5 Å². The van der Waals surface area contributed by atoms with Gasteiger partial charge < -0.3 is 14.8 Å². The van der Waals surface area contributed by atoms with E-state index in [-0.39, 0.29) is 17.8 Å². The Bertz CT molecular complexity index is 815. The van der Waals surface area contributed by atoms with Crippen molar-refractivity contribution in [2.75, 3.05) is 14.2 Å². The Balaban J connectivity index is 1.86. The first-order valence-electron chi connectivity index (χ1n) is 9.29. The van der Waals surface area contributed by atoms with E-state index in [2.05, 4.69) is 5.32 Å². The highest BCUT2D eigenvalue weighted by atomic mass is 19.1. The third kappa shape index (κ3) is 3.77. The molecule has 0 saturated heterocycles. The first kappa shape index (κ1) is 19.2. The lowest BCUT2D eigenvalue weighted by Gasteiger charge is -2.30. The Labute approximate surface area is 159 Å². The zero-order chi connectivity index (χ0) is 19.4. The van der Waals surface area contributed by atoms with Crippen LogP contribution in [0, 0.1) is 5.82 Å². The Kier molecular flexibility index (Phi) is 5.68. The smallest absolute Gasteiger partial charge is 0.231 e. The summed E-state index contributed by atoms with van der Waals surface area (Å²) in [6, 6.07) is 11.7. The molecule has 0 aromatic heterocycles. The standard InChI is InChI=1S/C22H26FNO3/c1-15(19-10-9-18(26-2)14-20(19)27-3)24-21(25)22(11-4-5-12-22)16-7-6-8-17(23)13-16/h6-10,13-15H,4-5,11-12H2,1-3H3,(H,24,25). The minimum Gasteiger partial charge on any atom is -0.497 e. The number of ether oxygens (including phenoxy) is 2. The molecule has 1 N–H and O–H groups in total. The van der Waals surface area contributed by atoms with Crippen LogP contribution < -0.4 is 14.8 Å². The fourth-order valence-corrected chi connectivity index (χ4v) is 4.00. The van der Waals surface area contributed by atoms with E-state index in [0.29, 0.717) is 11.5 Å². The van der Waals surface area contributed by atoms with Gasteiger partial charge in [-0.25, -0.2) is 4.39 Å². The van der Waals surface area contributed by atoms with Crippen molar-refractivity contribution in [2.45, 2.75) is 44.1 Å². The monoisotopic (exact) mass is 371 g/mol. The molecule has 0 spiro atoms. The highest BCUT2D eigenvalue weighted by Gasteiger charge is 2.43. The van der Waals surface area contributed by atoms with Crippen LogP contribution in [0.3, 0.4) is 0 Å². The quantitative estimate of drug-likeness (QED) is 0.811. The van der Waals surface area contributed by atoms with E-state index in [1.807, 2.05) is 25.1 Å². The summed E-state index contributed by atoms with van der Waals surface area (Å²) in [7, 11) is 3.19. The van der Waals surface area contributed by atoms with Gasteiger partial charge in [-0.15, -0.1) is 0 Å². The number of halogens is 1. The van der Waals surface area contributed by atoms with Gasteiger partial charge in [0.05, 0.1) is 25.7 Å². The maximum Gasteiger partial charge on any atom is 0.231 e. The summed E-state index contributed by atoms with van der Waals surface area (Å²) in [5.74, 6) is 0.988. The maximum absolute atomic E-state index is 13.8. The number of benzene rings is 2. The van der Waals surface area contributed by atoms with Crippen molar-refractivity contribution in [3.05, 3.63) is 59.4 Å². The third-order valence-corrected chi connectivity index (χ3v) is 5.52. The first-order valence-corrected chi connectivity index (χ1v) is 9.29. The predicted octanol–water partition coefficient (Wildman–Crippen LogP) is 4.53. The number of carbonyl (C=O) groups excluding carboxylic acids is 1. The molecule has 1 atom stereocenters. The SMILES string of the molecule is COc1ccc(C(C)NC(=O)C2(c3cccc(F)c3)CCCC2)c(OC)c1. The lowest BCUT2D eigenvalue weighted by Crippen LogP contribution is -2.43.